The van der Waals surface area contributed by atoms with Gasteiger partial charge in [0.2, 0.25) is 0 Å². The molecule has 2 rings (SSSR count). The Kier molecular flexibility index (Phi) is 5.77. The Balaban J connectivity index is 1.84. The van der Waals surface area contributed by atoms with Crippen LogP contribution >= 0.6 is 0 Å². The molecule has 21 heavy (non-hydrogen) atoms. The van der Waals surface area contributed by atoms with Gasteiger partial charge < -0.3 is 4.74 Å². The fourth-order valence-corrected chi connectivity index (χ4v) is 2.29. The number of benzene rings is 2. The Morgan fingerprint density at radius 2 is 1.95 bits per heavy atom. The normalized spacial score (nSPS) is 10.9. The predicted octanol–water partition coefficient (Wildman–Crippen LogP) is 4.45. The average Bonchev–Trinajstić information content (AvgIpc) is 2.52. The molecule has 0 saturated heterocycles. The number of hydrogen-bond acceptors (Lipinski definition) is 2. The molecule has 0 radical (unpaired) electrons. The van der Waals surface area contributed by atoms with Gasteiger partial charge in [-0.15, -0.1) is 0 Å². The number of esters is 1. The van der Waals surface area contributed by atoms with E-state index in [-0.39, 0.29) is 12.6 Å². The SMILES string of the molecule is C=CCOC(=O)C=CCCCc1cccc2ccccc12. The molecule has 0 bridgehead atoms. The molecule has 0 aromatic heterocycles. The molecular formula is C19H20O2. The van der Waals surface area contributed by atoms with Gasteiger partial charge in [-0.05, 0) is 35.6 Å². The van der Waals surface area contributed by atoms with Crippen LogP contribution in [0.4, 0.5) is 0 Å². The highest BCUT2D eigenvalue weighted by Crippen LogP contribution is 2.20. The van der Waals surface area contributed by atoms with Gasteiger partial charge in [0, 0.05) is 6.08 Å². The van der Waals surface area contributed by atoms with Gasteiger partial charge in [0.05, 0.1) is 0 Å². The number of aryl methyl sites for hydroxylation is 1. The minimum absolute atomic E-state index is 0.263. The van der Waals surface area contributed by atoms with Crippen LogP contribution in [0.25, 0.3) is 10.8 Å². The van der Waals surface area contributed by atoms with E-state index in [1.54, 1.807) is 6.08 Å². The first kappa shape index (κ1) is 15.0. The van der Waals surface area contributed by atoms with E-state index >= 15 is 0 Å². The number of allylic oxidation sites excluding steroid dienone is 1. The zero-order valence-corrected chi connectivity index (χ0v) is 12.1. The second-order valence-corrected chi connectivity index (χ2v) is 4.85. The first-order valence-corrected chi connectivity index (χ1v) is 7.22. The van der Waals surface area contributed by atoms with Crippen molar-refractivity contribution < 1.29 is 9.53 Å². The number of rotatable bonds is 7. The van der Waals surface area contributed by atoms with Gasteiger partial charge >= 0.3 is 5.97 Å². The number of hydrogen-bond donors (Lipinski definition) is 0. The lowest BCUT2D eigenvalue weighted by atomic mass is 10.0. The van der Waals surface area contributed by atoms with Gasteiger partial charge in [-0.2, -0.15) is 0 Å². The van der Waals surface area contributed by atoms with Gasteiger partial charge in [-0.1, -0.05) is 61.2 Å². The van der Waals surface area contributed by atoms with Crippen LogP contribution in [-0.4, -0.2) is 12.6 Å². The van der Waals surface area contributed by atoms with E-state index in [1.165, 1.54) is 22.4 Å². The summed E-state index contributed by atoms with van der Waals surface area (Å²) < 4.78 is 4.87. The fourth-order valence-electron chi connectivity index (χ4n) is 2.29. The molecule has 0 N–H and O–H groups in total. The summed E-state index contributed by atoms with van der Waals surface area (Å²) in [6.45, 7) is 3.76. The monoisotopic (exact) mass is 280 g/mol. The van der Waals surface area contributed by atoms with Gasteiger partial charge in [0.1, 0.15) is 6.61 Å². The highest BCUT2D eigenvalue weighted by atomic mass is 16.5. The lowest BCUT2D eigenvalue weighted by molar-refractivity contribution is -0.136. The third kappa shape index (κ3) is 4.60. The standard InChI is InChI=1S/C19H20O2/c1-2-15-21-19(20)14-5-3-4-9-16-11-8-12-17-10-6-7-13-18(16)17/h2,5-8,10-14H,1,3-4,9,15H2. The van der Waals surface area contributed by atoms with Gasteiger partial charge in [-0.3, -0.25) is 0 Å². The van der Waals surface area contributed by atoms with Crippen LogP contribution in [0, 0.1) is 0 Å². The summed E-state index contributed by atoms with van der Waals surface area (Å²) in [5.41, 5.74) is 1.36. The topological polar surface area (TPSA) is 26.3 Å². The van der Waals surface area contributed by atoms with E-state index in [4.69, 9.17) is 4.74 Å². The quantitative estimate of drug-likeness (QED) is 0.324. The van der Waals surface area contributed by atoms with Crippen LogP contribution in [0.2, 0.25) is 0 Å². The lowest BCUT2D eigenvalue weighted by Gasteiger charge is -2.05. The third-order valence-electron chi connectivity index (χ3n) is 3.29. The van der Waals surface area contributed by atoms with Crippen molar-refractivity contribution in [1.29, 1.82) is 0 Å². The minimum atomic E-state index is -0.305. The van der Waals surface area contributed by atoms with Gasteiger partial charge in [0.15, 0.2) is 0 Å². The van der Waals surface area contributed by atoms with Crippen LogP contribution in [0.5, 0.6) is 0 Å². The van der Waals surface area contributed by atoms with Gasteiger partial charge in [0.25, 0.3) is 0 Å². The molecule has 2 aromatic rings. The van der Waals surface area contributed by atoms with Crippen molar-refractivity contribution in [2.45, 2.75) is 19.3 Å². The van der Waals surface area contributed by atoms with Gasteiger partial charge in [-0.25, -0.2) is 4.79 Å². The average molecular weight is 280 g/mol. The smallest absolute Gasteiger partial charge is 0.330 e. The van der Waals surface area contributed by atoms with Crippen molar-refractivity contribution in [2.75, 3.05) is 6.61 Å². The summed E-state index contributed by atoms with van der Waals surface area (Å²) in [7, 11) is 0. The molecule has 0 aliphatic rings. The number of ether oxygens (including phenoxy) is 1. The Morgan fingerprint density at radius 3 is 2.81 bits per heavy atom. The second-order valence-electron chi connectivity index (χ2n) is 4.85. The number of unbranched alkanes of at least 4 members (excludes halogenated alkanes) is 1. The molecular weight excluding hydrogens is 260 g/mol. The second kappa shape index (κ2) is 8.05. The highest BCUT2D eigenvalue weighted by Gasteiger charge is 1.99. The molecule has 0 amide bonds. The van der Waals surface area contributed by atoms with Crippen LogP contribution in [0.1, 0.15) is 18.4 Å². The maximum absolute atomic E-state index is 11.3. The minimum Gasteiger partial charge on any atom is -0.458 e. The maximum atomic E-state index is 11.3. The summed E-state index contributed by atoms with van der Waals surface area (Å²) in [4.78, 5) is 11.3. The number of carbonyl (C=O) groups is 1. The van der Waals surface area contributed by atoms with Crippen molar-refractivity contribution in [3.8, 4) is 0 Å². The summed E-state index contributed by atoms with van der Waals surface area (Å²) in [5.74, 6) is -0.305. The van der Waals surface area contributed by atoms with Crippen molar-refractivity contribution in [3.63, 3.8) is 0 Å². The van der Waals surface area contributed by atoms with Crippen molar-refractivity contribution in [3.05, 3.63) is 72.8 Å². The van der Waals surface area contributed by atoms with E-state index in [1.807, 2.05) is 6.08 Å². The molecule has 108 valence electrons. The zero-order valence-electron chi connectivity index (χ0n) is 12.1. The molecule has 2 heteroatoms. The summed E-state index contributed by atoms with van der Waals surface area (Å²) in [5, 5.41) is 2.59. The Bertz CT molecular complexity index is 636. The third-order valence-corrected chi connectivity index (χ3v) is 3.29. The first-order valence-electron chi connectivity index (χ1n) is 7.22. The van der Waals surface area contributed by atoms with Crippen LogP contribution < -0.4 is 0 Å². The first-order chi connectivity index (χ1) is 10.3. The molecule has 2 nitrogen and oxygen atoms in total. The van der Waals surface area contributed by atoms with E-state index in [0.29, 0.717) is 0 Å². The molecule has 2 aromatic carbocycles. The zero-order chi connectivity index (χ0) is 14.9. The molecule has 0 heterocycles. The highest BCUT2D eigenvalue weighted by molar-refractivity contribution is 5.85. The predicted molar refractivity (Wildman–Crippen MR) is 87.2 cm³/mol. The van der Waals surface area contributed by atoms with E-state index in [2.05, 4.69) is 49.0 Å². The molecule has 0 aliphatic heterocycles. The van der Waals surface area contributed by atoms with E-state index in [0.717, 1.165) is 19.3 Å². The molecule has 0 atom stereocenters. The summed E-state index contributed by atoms with van der Waals surface area (Å²) >= 11 is 0. The Morgan fingerprint density at radius 1 is 1.14 bits per heavy atom. The fraction of sp³-hybridized carbons (Fsp3) is 0.211. The summed E-state index contributed by atoms with van der Waals surface area (Å²) in [6, 6.07) is 14.8. The van der Waals surface area contributed by atoms with Crippen LogP contribution in [0.15, 0.2) is 67.3 Å². The van der Waals surface area contributed by atoms with Crippen LogP contribution in [-0.2, 0) is 16.0 Å². The molecule has 0 unspecified atom stereocenters. The number of fused-ring (bicyclic) bond motifs is 1. The largest absolute Gasteiger partial charge is 0.458 e. The molecule has 0 saturated carbocycles. The maximum Gasteiger partial charge on any atom is 0.330 e. The van der Waals surface area contributed by atoms with E-state index < -0.39 is 0 Å². The Hall–Kier alpha value is -2.35. The molecule has 0 fully saturated rings. The molecule has 0 aliphatic carbocycles. The number of carbonyl (C=O) groups excluding carboxylic acids is 1. The Labute approximate surface area is 125 Å². The van der Waals surface area contributed by atoms with Crippen LogP contribution in [0.3, 0.4) is 0 Å². The summed E-state index contributed by atoms with van der Waals surface area (Å²) in [6.07, 6.45) is 7.81. The molecule has 0 spiro atoms. The lowest BCUT2D eigenvalue weighted by Crippen LogP contribution is -1.99. The van der Waals surface area contributed by atoms with Crippen molar-refractivity contribution in [1.82, 2.24) is 0 Å². The van der Waals surface area contributed by atoms with E-state index in [9.17, 15) is 4.79 Å². The van der Waals surface area contributed by atoms with Crippen molar-refractivity contribution >= 4 is 16.7 Å². The van der Waals surface area contributed by atoms with Crippen molar-refractivity contribution in [2.24, 2.45) is 0 Å².